The Labute approximate surface area is 282 Å². The number of carbonyl (C=O) groups excluding carboxylic acids is 3. The molecule has 1 atom stereocenters. The highest BCUT2D eigenvalue weighted by Gasteiger charge is 2.34. The normalized spacial score (nSPS) is 13.0. The lowest BCUT2D eigenvalue weighted by atomic mass is 9.98. The fourth-order valence-corrected chi connectivity index (χ4v) is 5.92. The average Bonchev–Trinajstić information content (AvgIpc) is 3.62. The van der Waals surface area contributed by atoms with E-state index in [1.54, 1.807) is 45.0 Å². The number of nitrogens with one attached hydrogen (secondary N) is 1. The number of ether oxygens (including phenoxy) is 3. The molecule has 50 heavy (non-hydrogen) atoms. The number of hydrogen-bond donors (Lipinski definition) is 1. The SMILES string of the molecule is CC(C)(C)OC(=O)n1cc(CC(NC(=O)OCC2c3ccccc3-c3ccccc32)C(=O)Oc2c(F)c(F)c(F)c(F)c2F)c2ccccc21. The van der Waals surface area contributed by atoms with Crippen LogP contribution in [-0.2, 0) is 20.7 Å². The molecule has 1 heterocycles. The van der Waals surface area contributed by atoms with Crippen LogP contribution in [0, 0.1) is 29.1 Å². The summed E-state index contributed by atoms with van der Waals surface area (Å²) in [5, 5.41) is 2.74. The highest BCUT2D eigenvalue weighted by atomic mass is 19.2. The van der Waals surface area contributed by atoms with Crippen molar-refractivity contribution in [3.05, 3.63) is 125 Å². The Bertz CT molecular complexity index is 2080. The Balaban J connectivity index is 1.30. The van der Waals surface area contributed by atoms with Crippen molar-refractivity contribution in [2.45, 2.75) is 44.8 Å². The Morgan fingerprint density at radius 2 is 1.32 bits per heavy atom. The van der Waals surface area contributed by atoms with Gasteiger partial charge < -0.3 is 19.5 Å². The summed E-state index contributed by atoms with van der Waals surface area (Å²) in [4.78, 5) is 39.8. The van der Waals surface area contributed by atoms with Gasteiger partial charge in [0, 0.05) is 23.9 Å². The number of carbonyl (C=O) groups is 3. The number of halogens is 5. The fourth-order valence-electron chi connectivity index (χ4n) is 5.92. The zero-order valence-corrected chi connectivity index (χ0v) is 26.9. The smallest absolute Gasteiger partial charge is 0.419 e. The van der Waals surface area contributed by atoms with Gasteiger partial charge in [-0.2, -0.15) is 8.78 Å². The number of alkyl carbamates (subject to hydrolysis) is 1. The molecular formula is C37H29F5N2O6. The minimum Gasteiger partial charge on any atom is -0.449 e. The number of rotatable bonds is 7. The van der Waals surface area contributed by atoms with Crippen molar-refractivity contribution >= 4 is 29.1 Å². The molecule has 8 nitrogen and oxygen atoms in total. The summed E-state index contributed by atoms with van der Waals surface area (Å²) in [6.07, 6.45) is -1.02. The molecule has 0 saturated heterocycles. The van der Waals surface area contributed by atoms with Crippen LogP contribution < -0.4 is 10.1 Å². The van der Waals surface area contributed by atoms with Crippen molar-refractivity contribution < 1.29 is 50.5 Å². The van der Waals surface area contributed by atoms with Crippen LogP contribution in [0.25, 0.3) is 22.0 Å². The molecule has 1 N–H and O–H groups in total. The maximum atomic E-state index is 14.5. The number of para-hydroxylation sites is 1. The molecule has 0 radical (unpaired) electrons. The van der Waals surface area contributed by atoms with Crippen molar-refractivity contribution in [2.75, 3.05) is 6.61 Å². The summed E-state index contributed by atoms with van der Waals surface area (Å²) in [6, 6.07) is 19.8. The van der Waals surface area contributed by atoms with E-state index in [2.05, 4.69) is 5.32 Å². The van der Waals surface area contributed by atoms with E-state index in [-0.39, 0.29) is 18.1 Å². The third-order valence-electron chi connectivity index (χ3n) is 8.10. The van der Waals surface area contributed by atoms with E-state index in [1.807, 2.05) is 48.5 Å². The van der Waals surface area contributed by atoms with Gasteiger partial charge >= 0.3 is 18.2 Å². The zero-order chi connectivity index (χ0) is 35.9. The van der Waals surface area contributed by atoms with Gasteiger partial charge in [-0.25, -0.2) is 27.6 Å². The molecule has 1 aromatic heterocycles. The first kappa shape index (κ1) is 34.2. The predicted octanol–water partition coefficient (Wildman–Crippen LogP) is 8.18. The molecule has 5 aromatic rings. The zero-order valence-electron chi connectivity index (χ0n) is 26.9. The van der Waals surface area contributed by atoms with Gasteiger partial charge in [0.25, 0.3) is 0 Å². The van der Waals surface area contributed by atoms with Crippen molar-refractivity contribution in [1.29, 1.82) is 0 Å². The molecule has 1 unspecified atom stereocenters. The Morgan fingerprint density at radius 3 is 1.92 bits per heavy atom. The summed E-state index contributed by atoms with van der Waals surface area (Å²) >= 11 is 0. The fraction of sp³-hybridized carbons (Fsp3) is 0.216. The first-order chi connectivity index (χ1) is 23.7. The average molecular weight is 693 g/mol. The van der Waals surface area contributed by atoms with Gasteiger partial charge in [0.05, 0.1) is 5.52 Å². The molecule has 13 heteroatoms. The van der Waals surface area contributed by atoms with Crippen molar-refractivity contribution in [3.8, 4) is 16.9 Å². The van der Waals surface area contributed by atoms with Gasteiger partial charge in [-0.1, -0.05) is 66.7 Å². The van der Waals surface area contributed by atoms with Crippen LogP contribution in [0.1, 0.15) is 43.4 Å². The number of nitrogens with zero attached hydrogens (tertiary/aromatic N) is 1. The van der Waals surface area contributed by atoms with E-state index in [0.717, 1.165) is 22.3 Å². The van der Waals surface area contributed by atoms with Crippen LogP contribution in [0.3, 0.4) is 0 Å². The van der Waals surface area contributed by atoms with E-state index < -0.39 is 71.1 Å². The molecule has 1 amide bonds. The van der Waals surface area contributed by atoms with Gasteiger partial charge in [0.1, 0.15) is 18.2 Å². The van der Waals surface area contributed by atoms with E-state index in [4.69, 9.17) is 14.2 Å². The highest BCUT2D eigenvalue weighted by Crippen LogP contribution is 2.44. The van der Waals surface area contributed by atoms with Gasteiger partial charge in [0.2, 0.25) is 34.8 Å². The van der Waals surface area contributed by atoms with E-state index in [0.29, 0.717) is 10.9 Å². The standard InChI is InChI=1S/C37H29F5N2O6/c1-37(2,3)50-36(47)44-17-19(20-10-8-9-15-27(20)44)16-26(34(45)49-33-31(41)29(39)28(38)30(40)32(33)42)43-35(46)48-18-25-23-13-6-4-11-21(23)22-12-5-7-14-24(22)25/h4-15,17,25-26H,16,18H2,1-3H3,(H,43,46). The van der Waals surface area contributed by atoms with E-state index in [9.17, 15) is 36.3 Å². The van der Waals surface area contributed by atoms with Crippen LogP contribution in [-0.4, -0.2) is 41.0 Å². The lowest BCUT2D eigenvalue weighted by Crippen LogP contribution is -2.45. The maximum Gasteiger partial charge on any atom is 0.419 e. The second-order valence-electron chi connectivity index (χ2n) is 12.6. The number of amides is 1. The predicted molar refractivity (Wildman–Crippen MR) is 171 cm³/mol. The summed E-state index contributed by atoms with van der Waals surface area (Å²) in [5.74, 6) is -15.6. The van der Waals surface area contributed by atoms with Crippen molar-refractivity contribution in [3.63, 3.8) is 0 Å². The molecular weight excluding hydrogens is 663 g/mol. The van der Waals surface area contributed by atoms with Crippen molar-refractivity contribution in [1.82, 2.24) is 9.88 Å². The second kappa shape index (κ2) is 13.3. The monoisotopic (exact) mass is 692 g/mol. The van der Waals surface area contributed by atoms with Crippen LogP contribution in [0.4, 0.5) is 31.5 Å². The third kappa shape index (κ3) is 6.50. The number of hydrogen-bond acceptors (Lipinski definition) is 6. The third-order valence-corrected chi connectivity index (χ3v) is 8.10. The molecule has 6 rings (SSSR count). The maximum absolute atomic E-state index is 14.5. The van der Waals surface area contributed by atoms with Crippen LogP contribution in [0.5, 0.6) is 5.75 Å². The van der Waals surface area contributed by atoms with Crippen LogP contribution in [0.15, 0.2) is 79.0 Å². The first-order valence-corrected chi connectivity index (χ1v) is 15.4. The number of esters is 1. The topological polar surface area (TPSA) is 95.9 Å². The van der Waals surface area contributed by atoms with Gasteiger partial charge in [-0.05, 0) is 54.7 Å². The lowest BCUT2D eigenvalue weighted by molar-refractivity contribution is -0.137. The number of aromatic nitrogens is 1. The summed E-state index contributed by atoms with van der Waals surface area (Å²) in [6.45, 7) is 4.83. The Kier molecular flexibility index (Phi) is 9.08. The molecule has 0 aliphatic heterocycles. The minimum absolute atomic E-state index is 0.169. The van der Waals surface area contributed by atoms with E-state index in [1.165, 1.54) is 10.8 Å². The molecule has 1 aliphatic rings. The molecule has 0 saturated carbocycles. The molecule has 1 aliphatic carbocycles. The minimum atomic E-state index is -2.44. The number of benzene rings is 4. The van der Waals surface area contributed by atoms with Crippen LogP contribution >= 0.6 is 0 Å². The lowest BCUT2D eigenvalue weighted by Gasteiger charge is -2.20. The van der Waals surface area contributed by atoms with Gasteiger partial charge in [-0.3, -0.25) is 4.57 Å². The summed E-state index contributed by atoms with van der Waals surface area (Å²) in [7, 11) is 0. The summed E-state index contributed by atoms with van der Waals surface area (Å²) < 4.78 is 87.6. The Morgan fingerprint density at radius 1 is 0.780 bits per heavy atom. The molecule has 4 aromatic carbocycles. The molecule has 258 valence electrons. The molecule has 0 bridgehead atoms. The first-order valence-electron chi connectivity index (χ1n) is 15.4. The summed E-state index contributed by atoms with van der Waals surface area (Å²) in [5.41, 5.74) is 3.49. The van der Waals surface area contributed by atoms with E-state index >= 15 is 0 Å². The number of fused-ring (bicyclic) bond motifs is 4. The van der Waals surface area contributed by atoms with Gasteiger partial charge in [-0.15, -0.1) is 0 Å². The quantitative estimate of drug-likeness (QED) is 0.0608. The Hall–Kier alpha value is -5.72. The largest absolute Gasteiger partial charge is 0.449 e. The van der Waals surface area contributed by atoms with Crippen LogP contribution in [0.2, 0.25) is 0 Å². The molecule has 0 fully saturated rings. The van der Waals surface area contributed by atoms with Gasteiger partial charge in [0.15, 0.2) is 0 Å². The second-order valence-corrected chi connectivity index (χ2v) is 12.6. The molecule has 0 spiro atoms. The van der Waals surface area contributed by atoms with Crippen molar-refractivity contribution in [2.24, 2.45) is 0 Å². The highest BCUT2D eigenvalue weighted by molar-refractivity contribution is 5.93.